The van der Waals surface area contributed by atoms with E-state index in [0.29, 0.717) is 5.92 Å². The summed E-state index contributed by atoms with van der Waals surface area (Å²) < 4.78 is 5.58. The number of benzene rings is 1. The van der Waals surface area contributed by atoms with E-state index < -0.39 is 0 Å². The third kappa shape index (κ3) is 11.5. The molecule has 0 radical (unpaired) electrons. The summed E-state index contributed by atoms with van der Waals surface area (Å²) in [4.78, 5) is 18.2. The fraction of sp³-hybridized carbons (Fsp3) is 0.619. The molecule has 0 atom stereocenters. The zero-order valence-electron chi connectivity index (χ0n) is 18.0. The maximum atomic E-state index is 12.1. The van der Waals surface area contributed by atoms with Crippen LogP contribution in [-0.2, 0) is 11.2 Å². The number of carbonyl (C=O) groups excluding carboxylic acids is 1. The Morgan fingerprint density at radius 2 is 2.00 bits per heavy atom. The first-order valence-corrected chi connectivity index (χ1v) is 9.84. The topological polar surface area (TPSA) is 66.0 Å². The van der Waals surface area contributed by atoms with Crippen molar-refractivity contribution in [2.75, 3.05) is 46.9 Å². The van der Waals surface area contributed by atoms with Gasteiger partial charge in [-0.05, 0) is 43.4 Å². The van der Waals surface area contributed by atoms with Gasteiger partial charge >= 0.3 is 0 Å². The lowest BCUT2D eigenvalue weighted by atomic mass is 10.1. The SMILES string of the molecule is CCNC(=NCCCOCC(C)C)NCCc1cccc(C(=O)N(C)C)c1.I. The predicted molar refractivity (Wildman–Crippen MR) is 128 cm³/mol. The minimum absolute atomic E-state index is 0. The van der Waals surface area contributed by atoms with Gasteiger partial charge in [-0.25, -0.2) is 0 Å². The molecule has 0 aliphatic rings. The molecule has 1 rings (SSSR count). The Hall–Kier alpha value is -1.35. The van der Waals surface area contributed by atoms with E-state index in [0.717, 1.165) is 62.8 Å². The zero-order valence-corrected chi connectivity index (χ0v) is 20.3. The van der Waals surface area contributed by atoms with Gasteiger partial charge in [-0.2, -0.15) is 0 Å². The van der Waals surface area contributed by atoms with Crippen molar-refractivity contribution < 1.29 is 9.53 Å². The summed E-state index contributed by atoms with van der Waals surface area (Å²) in [6, 6.07) is 7.79. The molecule has 28 heavy (non-hydrogen) atoms. The molecule has 160 valence electrons. The average Bonchev–Trinajstić information content (AvgIpc) is 2.63. The molecular formula is C21H37IN4O2. The van der Waals surface area contributed by atoms with Crippen LogP contribution >= 0.6 is 24.0 Å². The summed E-state index contributed by atoms with van der Waals surface area (Å²) in [5.74, 6) is 1.42. The number of nitrogens with one attached hydrogen (secondary N) is 2. The predicted octanol–water partition coefficient (Wildman–Crippen LogP) is 3.17. The number of amides is 1. The van der Waals surface area contributed by atoms with E-state index >= 15 is 0 Å². The van der Waals surface area contributed by atoms with E-state index in [9.17, 15) is 4.79 Å². The van der Waals surface area contributed by atoms with Crippen LogP contribution in [0.15, 0.2) is 29.3 Å². The lowest BCUT2D eigenvalue weighted by Crippen LogP contribution is -2.38. The highest BCUT2D eigenvalue weighted by molar-refractivity contribution is 14.0. The zero-order chi connectivity index (χ0) is 20.1. The van der Waals surface area contributed by atoms with Gasteiger partial charge in [-0.1, -0.05) is 26.0 Å². The summed E-state index contributed by atoms with van der Waals surface area (Å²) in [6.07, 6.45) is 1.74. The van der Waals surface area contributed by atoms with Gasteiger partial charge in [-0.15, -0.1) is 24.0 Å². The Morgan fingerprint density at radius 1 is 1.25 bits per heavy atom. The second-order valence-corrected chi connectivity index (χ2v) is 7.16. The van der Waals surface area contributed by atoms with Crippen molar-refractivity contribution in [2.24, 2.45) is 10.9 Å². The molecule has 7 heteroatoms. The van der Waals surface area contributed by atoms with Gasteiger partial charge in [0.1, 0.15) is 0 Å². The van der Waals surface area contributed by atoms with Crippen molar-refractivity contribution in [3.8, 4) is 0 Å². The lowest BCUT2D eigenvalue weighted by molar-refractivity contribution is 0.0827. The minimum atomic E-state index is 0. The van der Waals surface area contributed by atoms with Gasteiger partial charge in [0.05, 0.1) is 0 Å². The molecule has 0 heterocycles. The van der Waals surface area contributed by atoms with Gasteiger partial charge in [0.2, 0.25) is 0 Å². The van der Waals surface area contributed by atoms with Crippen LogP contribution in [0.3, 0.4) is 0 Å². The lowest BCUT2D eigenvalue weighted by Gasteiger charge is -2.13. The van der Waals surface area contributed by atoms with E-state index in [2.05, 4.69) is 36.4 Å². The van der Waals surface area contributed by atoms with Crippen LogP contribution in [0.5, 0.6) is 0 Å². The maximum Gasteiger partial charge on any atom is 0.253 e. The fourth-order valence-electron chi connectivity index (χ4n) is 2.46. The van der Waals surface area contributed by atoms with E-state index in [-0.39, 0.29) is 29.9 Å². The summed E-state index contributed by atoms with van der Waals surface area (Å²) in [5, 5.41) is 6.61. The second-order valence-electron chi connectivity index (χ2n) is 7.16. The molecule has 1 amide bonds. The Kier molecular flexibility index (Phi) is 14.8. The molecule has 0 saturated heterocycles. The van der Waals surface area contributed by atoms with Crippen LogP contribution in [0.1, 0.15) is 43.1 Å². The smallest absolute Gasteiger partial charge is 0.253 e. The Balaban J connectivity index is 0.00000729. The molecule has 0 aliphatic heterocycles. The molecular weight excluding hydrogens is 467 g/mol. The monoisotopic (exact) mass is 504 g/mol. The third-order valence-corrected chi connectivity index (χ3v) is 3.80. The minimum Gasteiger partial charge on any atom is -0.381 e. The molecule has 0 unspecified atom stereocenters. The molecule has 0 spiro atoms. The van der Waals surface area contributed by atoms with E-state index in [1.165, 1.54) is 0 Å². The standard InChI is InChI=1S/C21H36N4O2.HI/c1-6-22-21(23-12-8-14-27-16-17(2)3)24-13-11-18-9-7-10-19(15-18)20(26)25(4)5;/h7,9-10,15,17H,6,8,11-14,16H2,1-5H3,(H2,22,23,24);1H. The highest BCUT2D eigenvalue weighted by Gasteiger charge is 2.08. The first-order valence-electron chi connectivity index (χ1n) is 9.84. The third-order valence-electron chi connectivity index (χ3n) is 3.80. The van der Waals surface area contributed by atoms with Crippen LogP contribution < -0.4 is 10.6 Å². The molecule has 6 nitrogen and oxygen atoms in total. The number of guanidine groups is 1. The van der Waals surface area contributed by atoms with Crippen molar-refractivity contribution in [3.05, 3.63) is 35.4 Å². The normalized spacial score (nSPS) is 11.1. The molecule has 0 saturated carbocycles. The van der Waals surface area contributed by atoms with Crippen LogP contribution in [0, 0.1) is 5.92 Å². The number of nitrogens with zero attached hydrogens (tertiary/aromatic N) is 2. The first kappa shape index (κ1) is 26.6. The summed E-state index contributed by atoms with van der Waals surface area (Å²) in [6.45, 7) is 10.2. The van der Waals surface area contributed by atoms with Crippen molar-refractivity contribution in [1.82, 2.24) is 15.5 Å². The quantitative estimate of drug-likeness (QED) is 0.210. The molecule has 1 aromatic carbocycles. The molecule has 0 bridgehead atoms. The highest BCUT2D eigenvalue weighted by Crippen LogP contribution is 2.07. The van der Waals surface area contributed by atoms with E-state index in [4.69, 9.17) is 4.74 Å². The molecule has 0 aliphatic carbocycles. The molecule has 2 N–H and O–H groups in total. The number of rotatable bonds is 11. The number of hydrogen-bond donors (Lipinski definition) is 2. The maximum absolute atomic E-state index is 12.1. The van der Waals surface area contributed by atoms with E-state index in [1.54, 1.807) is 19.0 Å². The van der Waals surface area contributed by atoms with Crippen molar-refractivity contribution in [2.45, 2.75) is 33.6 Å². The van der Waals surface area contributed by atoms with Crippen molar-refractivity contribution >= 4 is 35.8 Å². The van der Waals surface area contributed by atoms with Gasteiger partial charge in [0.15, 0.2) is 5.96 Å². The number of carbonyl (C=O) groups is 1. The number of hydrogen-bond acceptors (Lipinski definition) is 3. The number of aliphatic imine (C=N–C) groups is 1. The summed E-state index contributed by atoms with van der Waals surface area (Å²) in [5.41, 5.74) is 1.85. The van der Waals surface area contributed by atoms with Crippen LogP contribution in [0.25, 0.3) is 0 Å². The summed E-state index contributed by atoms with van der Waals surface area (Å²) in [7, 11) is 3.53. The summed E-state index contributed by atoms with van der Waals surface area (Å²) >= 11 is 0. The van der Waals surface area contributed by atoms with Gasteiger partial charge in [0, 0.05) is 52.5 Å². The van der Waals surface area contributed by atoms with E-state index in [1.807, 2.05) is 24.3 Å². The van der Waals surface area contributed by atoms with Crippen molar-refractivity contribution in [3.63, 3.8) is 0 Å². The first-order chi connectivity index (χ1) is 12.9. The molecule has 0 aromatic heterocycles. The molecule has 1 aromatic rings. The van der Waals surface area contributed by atoms with Gasteiger partial charge in [0.25, 0.3) is 5.91 Å². The molecule has 0 fully saturated rings. The Labute approximate surface area is 187 Å². The number of halogens is 1. The van der Waals surface area contributed by atoms with Gasteiger partial charge < -0.3 is 20.3 Å². The van der Waals surface area contributed by atoms with Crippen LogP contribution in [-0.4, -0.2) is 63.7 Å². The number of ether oxygens (including phenoxy) is 1. The van der Waals surface area contributed by atoms with Crippen molar-refractivity contribution in [1.29, 1.82) is 0 Å². The van der Waals surface area contributed by atoms with Crippen LogP contribution in [0.4, 0.5) is 0 Å². The van der Waals surface area contributed by atoms with Gasteiger partial charge in [-0.3, -0.25) is 9.79 Å². The largest absolute Gasteiger partial charge is 0.381 e. The Bertz CT molecular complexity index is 592. The second kappa shape index (κ2) is 15.6. The average molecular weight is 504 g/mol. The Morgan fingerprint density at radius 3 is 2.64 bits per heavy atom. The fourth-order valence-corrected chi connectivity index (χ4v) is 2.46. The highest BCUT2D eigenvalue weighted by atomic mass is 127. The van der Waals surface area contributed by atoms with Crippen LogP contribution in [0.2, 0.25) is 0 Å².